The number of hydrogen-bond donors (Lipinski definition) is 0. The van der Waals surface area contributed by atoms with Crippen LogP contribution in [-0.2, 0) is 20.1 Å². The van der Waals surface area contributed by atoms with Crippen LogP contribution in [0.4, 0.5) is 10.3 Å². The van der Waals surface area contributed by atoms with Crippen LogP contribution in [0.1, 0.15) is 12.5 Å². The number of hydrogen-bond acceptors (Lipinski definition) is 5. The van der Waals surface area contributed by atoms with Crippen LogP contribution in [-0.4, -0.2) is 31.4 Å². The highest BCUT2D eigenvalue weighted by molar-refractivity contribution is 5.87. The molecule has 9 heteroatoms. The van der Waals surface area contributed by atoms with Crippen molar-refractivity contribution in [2.24, 2.45) is 12.1 Å². The van der Waals surface area contributed by atoms with Gasteiger partial charge in [-0.2, -0.15) is 10.1 Å². The largest absolute Gasteiger partial charge is 0.332 e. The van der Waals surface area contributed by atoms with E-state index in [2.05, 4.69) is 10.1 Å². The highest BCUT2D eigenvalue weighted by Crippen LogP contribution is 2.22. The molecule has 8 nitrogen and oxygen atoms in total. The number of aryl methyl sites for hydroxylation is 1. The first-order valence-electron chi connectivity index (χ1n) is 8.09. The Balaban J connectivity index is 1.99. The summed E-state index contributed by atoms with van der Waals surface area (Å²) >= 11 is 0. The van der Waals surface area contributed by atoms with E-state index in [1.165, 1.54) is 10.6 Å². The molecule has 0 amide bonds. The third-order valence-corrected chi connectivity index (χ3v) is 4.50. The maximum Gasteiger partial charge on any atom is 0.332 e. The summed E-state index contributed by atoms with van der Waals surface area (Å²) in [5.41, 5.74) is 0.651. The van der Waals surface area contributed by atoms with E-state index in [0.29, 0.717) is 18.0 Å². The van der Waals surface area contributed by atoms with Gasteiger partial charge < -0.3 is 0 Å². The predicted molar refractivity (Wildman–Crippen MR) is 96.2 cm³/mol. The number of fused-ring (bicyclic) bond motifs is 3. The molecule has 4 rings (SSSR count). The molecule has 0 radical (unpaired) electrons. The summed E-state index contributed by atoms with van der Waals surface area (Å²) in [5, 5.41) is 5.90. The summed E-state index contributed by atoms with van der Waals surface area (Å²) in [6.07, 6.45) is 0. The maximum atomic E-state index is 14.0. The van der Waals surface area contributed by atoms with Gasteiger partial charge in [-0.1, -0.05) is 18.2 Å². The third kappa shape index (κ3) is 2.27. The molecule has 0 unspecified atom stereocenters. The van der Waals surface area contributed by atoms with Crippen molar-refractivity contribution in [2.45, 2.75) is 20.0 Å². The SMILES string of the molecule is CC1=NN(C)c2nc3c(c(=O)n(Cc4ccccc4F)c(=O)n3C)n2C1. The van der Waals surface area contributed by atoms with Crippen molar-refractivity contribution in [3.63, 3.8) is 0 Å². The maximum absolute atomic E-state index is 14.0. The minimum Gasteiger partial charge on any atom is -0.297 e. The Morgan fingerprint density at radius 2 is 1.92 bits per heavy atom. The van der Waals surface area contributed by atoms with Crippen LogP contribution in [0.25, 0.3) is 11.2 Å². The molecular weight excluding hydrogens is 339 g/mol. The van der Waals surface area contributed by atoms with Gasteiger partial charge in [0, 0.05) is 19.7 Å². The summed E-state index contributed by atoms with van der Waals surface area (Å²) in [7, 11) is 3.28. The molecule has 1 aliphatic heterocycles. The highest BCUT2D eigenvalue weighted by Gasteiger charge is 2.25. The van der Waals surface area contributed by atoms with Crippen molar-refractivity contribution in [1.82, 2.24) is 18.7 Å². The van der Waals surface area contributed by atoms with Crippen molar-refractivity contribution in [3.05, 3.63) is 56.5 Å². The van der Waals surface area contributed by atoms with E-state index in [0.717, 1.165) is 10.3 Å². The molecule has 2 aromatic heterocycles. The quantitative estimate of drug-likeness (QED) is 0.684. The molecule has 0 spiro atoms. The Morgan fingerprint density at radius 3 is 2.65 bits per heavy atom. The van der Waals surface area contributed by atoms with Crippen LogP contribution < -0.4 is 16.3 Å². The van der Waals surface area contributed by atoms with Crippen LogP contribution in [0.3, 0.4) is 0 Å². The molecule has 134 valence electrons. The molecule has 26 heavy (non-hydrogen) atoms. The van der Waals surface area contributed by atoms with Crippen LogP contribution in [0.2, 0.25) is 0 Å². The Hall–Kier alpha value is -3.23. The van der Waals surface area contributed by atoms with Gasteiger partial charge in [-0.25, -0.2) is 14.2 Å². The molecular formula is C17H17FN6O2. The Morgan fingerprint density at radius 1 is 1.19 bits per heavy atom. The summed E-state index contributed by atoms with van der Waals surface area (Å²) in [4.78, 5) is 30.2. The predicted octanol–water partition coefficient (Wildman–Crippen LogP) is 0.910. The molecule has 0 saturated heterocycles. The number of halogens is 1. The van der Waals surface area contributed by atoms with E-state index in [1.807, 2.05) is 6.92 Å². The minimum absolute atomic E-state index is 0.141. The monoisotopic (exact) mass is 356 g/mol. The second kappa shape index (κ2) is 5.65. The number of benzene rings is 1. The van der Waals surface area contributed by atoms with Crippen LogP contribution >= 0.6 is 0 Å². The second-order valence-electron chi connectivity index (χ2n) is 6.35. The summed E-state index contributed by atoms with van der Waals surface area (Å²) < 4.78 is 18.1. The van der Waals surface area contributed by atoms with Crippen molar-refractivity contribution in [1.29, 1.82) is 0 Å². The molecule has 1 aromatic carbocycles. The fraction of sp³-hybridized carbons (Fsp3) is 0.294. The molecule has 0 N–H and O–H groups in total. The van der Waals surface area contributed by atoms with Gasteiger partial charge in [0.25, 0.3) is 5.56 Å². The first kappa shape index (κ1) is 16.2. The molecule has 1 aliphatic rings. The number of hydrazone groups is 1. The lowest BCUT2D eigenvalue weighted by Gasteiger charge is -2.20. The molecule has 0 saturated carbocycles. The number of rotatable bonds is 2. The number of aromatic nitrogens is 4. The number of anilines is 1. The molecule has 3 aromatic rings. The van der Waals surface area contributed by atoms with E-state index >= 15 is 0 Å². The van der Waals surface area contributed by atoms with Crippen LogP contribution in [0.5, 0.6) is 0 Å². The Labute approximate surface area is 147 Å². The highest BCUT2D eigenvalue weighted by atomic mass is 19.1. The fourth-order valence-corrected chi connectivity index (χ4v) is 3.25. The van der Waals surface area contributed by atoms with E-state index in [9.17, 15) is 14.0 Å². The Bertz CT molecular complexity index is 1190. The lowest BCUT2D eigenvalue weighted by atomic mass is 10.2. The normalized spacial score (nSPS) is 13.8. The van der Waals surface area contributed by atoms with Gasteiger partial charge in [-0.05, 0) is 13.0 Å². The van der Waals surface area contributed by atoms with Gasteiger partial charge in [0.1, 0.15) is 5.82 Å². The Kier molecular flexibility index (Phi) is 3.53. The fourth-order valence-electron chi connectivity index (χ4n) is 3.25. The third-order valence-electron chi connectivity index (χ3n) is 4.50. The van der Waals surface area contributed by atoms with Gasteiger partial charge >= 0.3 is 5.69 Å². The van der Waals surface area contributed by atoms with Crippen molar-refractivity contribution < 1.29 is 4.39 Å². The zero-order chi connectivity index (χ0) is 18.6. The summed E-state index contributed by atoms with van der Waals surface area (Å²) in [5.74, 6) is 0.0286. The minimum atomic E-state index is -0.540. The van der Waals surface area contributed by atoms with E-state index in [4.69, 9.17) is 0 Å². The van der Waals surface area contributed by atoms with Crippen molar-refractivity contribution in [3.8, 4) is 0 Å². The smallest absolute Gasteiger partial charge is 0.297 e. The average molecular weight is 356 g/mol. The van der Waals surface area contributed by atoms with Gasteiger partial charge in [0.2, 0.25) is 5.95 Å². The number of nitrogens with zero attached hydrogens (tertiary/aromatic N) is 6. The topological polar surface area (TPSA) is 77.4 Å². The van der Waals surface area contributed by atoms with E-state index in [-0.39, 0.29) is 17.8 Å². The number of imidazole rings is 1. The van der Waals surface area contributed by atoms with Gasteiger partial charge in [0.15, 0.2) is 11.2 Å². The van der Waals surface area contributed by atoms with Crippen molar-refractivity contribution >= 4 is 22.8 Å². The molecule has 0 bridgehead atoms. The summed E-state index contributed by atoms with van der Waals surface area (Å²) in [6, 6.07) is 6.09. The van der Waals surface area contributed by atoms with Gasteiger partial charge in [0.05, 0.1) is 18.8 Å². The molecule has 0 atom stereocenters. The zero-order valence-electron chi connectivity index (χ0n) is 14.6. The lowest BCUT2D eigenvalue weighted by molar-refractivity contribution is 0.582. The van der Waals surface area contributed by atoms with Crippen molar-refractivity contribution in [2.75, 3.05) is 12.1 Å². The van der Waals surface area contributed by atoms with Crippen LogP contribution in [0.15, 0.2) is 39.0 Å². The molecule has 3 heterocycles. The molecule has 0 fully saturated rings. The first-order chi connectivity index (χ1) is 12.4. The van der Waals surface area contributed by atoms with E-state index < -0.39 is 17.1 Å². The van der Waals surface area contributed by atoms with Gasteiger partial charge in [-0.3, -0.25) is 18.5 Å². The second-order valence-corrected chi connectivity index (χ2v) is 6.35. The lowest BCUT2D eigenvalue weighted by Crippen LogP contribution is -2.40. The van der Waals surface area contributed by atoms with Gasteiger partial charge in [-0.15, -0.1) is 0 Å². The summed E-state index contributed by atoms with van der Waals surface area (Å²) in [6.45, 7) is 2.12. The zero-order valence-corrected chi connectivity index (χ0v) is 14.6. The molecule has 0 aliphatic carbocycles. The first-order valence-corrected chi connectivity index (χ1v) is 8.09. The standard InChI is InChI=1S/C17H17FN6O2/c1-10-8-23-13-14(19-16(23)22(3)20-10)21(2)17(26)24(15(13)25)9-11-6-4-5-7-12(11)18/h4-7H,8-9H2,1-3H3. The van der Waals surface area contributed by atoms with Crippen LogP contribution in [0, 0.1) is 5.82 Å². The average Bonchev–Trinajstić information content (AvgIpc) is 2.98. The van der Waals surface area contributed by atoms with E-state index in [1.54, 1.807) is 41.9 Å².